The molecule has 0 aromatic heterocycles. The summed E-state index contributed by atoms with van der Waals surface area (Å²) >= 11 is 0. The average molecular weight is 363 g/mol. The van der Waals surface area contributed by atoms with Gasteiger partial charge < -0.3 is 9.80 Å². The summed E-state index contributed by atoms with van der Waals surface area (Å²) in [6, 6.07) is 16.5. The van der Waals surface area contributed by atoms with E-state index in [0.717, 1.165) is 23.6 Å². The standard InChI is InChI=1S/C21H21N3O3/c1-22-11-12-23(18(13-22)15-7-3-2-4-8-15)19(25)14-24-20(26)16-9-5-6-10-17(16)21(24)27/h2-10,18H,11-14H2,1H3. The summed E-state index contributed by atoms with van der Waals surface area (Å²) in [5.74, 6) is -0.991. The maximum absolute atomic E-state index is 13.0. The van der Waals surface area contributed by atoms with Gasteiger partial charge in [0, 0.05) is 19.6 Å². The Morgan fingerprint density at radius 3 is 2.15 bits per heavy atom. The number of rotatable bonds is 3. The van der Waals surface area contributed by atoms with Crippen molar-refractivity contribution >= 4 is 17.7 Å². The van der Waals surface area contributed by atoms with Crippen LogP contribution in [-0.2, 0) is 4.79 Å². The highest BCUT2D eigenvalue weighted by Crippen LogP contribution is 2.27. The van der Waals surface area contributed by atoms with Crippen LogP contribution in [0.4, 0.5) is 0 Å². The highest BCUT2D eigenvalue weighted by Gasteiger charge is 2.38. The van der Waals surface area contributed by atoms with Crippen molar-refractivity contribution in [3.63, 3.8) is 0 Å². The first-order valence-corrected chi connectivity index (χ1v) is 9.04. The molecule has 6 heteroatoms. The zero-order valence-electron chi connectivity index (χ0n) is 15.2. The molecular weight excluding hydrogens is 342 g/mol. The van der Waals surface area contributed by atoms with Crippen LogP contribution in [0.1, 0.15) is 32.3 Å². The van der Waals surface area contributed by atoms with Gasteiger partial charge in [0.2, 0.25) is 5.91 Å². The summed E-state index contributed by atoms with van der Waals surface area (Å²) in [7, 11) is 2.03. The Balaban J connectivity index is 1.55. The smallest absolute Gasteiger partial charge is 0.262 e. The minimum absolute atomic E-state index is 0.0902. The molecule has 2 aliphatic heterocycles. The van der Waals surface area contributed by atoms with Crippen LogP contribution in [0.3, 0.4) is 0 Å². The van der Waals surface area contributed by atoms with E-state index in [9.17, 15) is 14.4 Å². The number of piperazine rings is 1. The van der Waals surface area contributed by atoms with Crippen molar-refractivity contribution < 1.29 is 14.4 Å². The van der Waals surface area contributed by atoms with Gasteiger partial charge in [-0.3, -0.25) is 19.3 Å². The van der Waals surface area contributed by atoms with Gasteiger partial charge in [-0.25, -0.2) is 0 Å². The normalized spacial score (nSPS) is 20.1. The van der Waals surface area contributed by atoms with Crippen LogP contribution in [0, 0.1) is 0 Å². The lowest BCUT2D eigenvalue weighted by Crippen LogP contribution is -2.52. The molecule has 1 saturated heterocycles. The molecule has 1 fully saturated rings. The molecular formula is C21H21N3O3. The number of fused-ring (bicyclic) bond motifs is 1. The number of imide groups is 1. The van der Waals surface area contributed by atoms with E-state index in [1.807, 2.05) is 37.4 Å². The van der Waals surface area contributed by atoms with Crippen molar-refractivity contribution in [2.45, 2.75) is 6.04 Å². The summed E-state index contributed by atoms with van der Waals surface area (Å²) in [6.45, 7) is 1.83. The largest absolute Gasteiger partial charge is 0.332 e. The van der Waals surface area contributed by atoms with Gasteiger partial charge in [-0.2, -0.15) is 0 Å². The molecule has 2 heterocycles. The SMILES string of the molecule is CN1CCN(C(=O)CN2C(=O)c3ccccc3C2=O)C(c2ccccc2)C1. The highest BCUT2D eigenvalue weighted by atomic mass is 16.2. The Bertz CT molecular complexity index is 862. The van der Waals surface area contributed by atoms with Crippen molar-refractivity contribution in [3.8, 4) is 0 Å². The van der Waals surface area contributed by atoms with E-state index in [1.54, 1.807) is 29.2 Å². The molecule has 0 bridgehead atoms. The number of hydrogen-bond acceptors (Lipinski definition) is 4. The summed E-state index contributed by atoms with van der Waals surface area (Å²) in [5, 5.41) is 0. The Labute approximate surface area is 158 Å². The van der Waals surface area contributed by atoms with Crippen LogP contribution in [0.15, 0.2) is 54.6 Å². The number of benzene rings is 2. The van der Waals surface area contributed by atoms with E-state index in [-0.39, 0.29) is 18.5 Å². The second kappa shape index (κ2) is 6.96. The molecule has 1 unspecified atom stereocenters. The molecule has 0 spiro atoms. The second-order valence-electron chi connectivity index (χ2n) is 7.02. The Kier molecular flexibility index (Phi) is 4.49. The fourth-order valence-electron chi connectivity index (χ4n) is 3.79. The molecule has 0 saturated carbocycles. The topological polar surface area (TPSA) is 60.9 Å². The second-order valence-corrected chi connectivity index (χ2v) is 7.02. The first-order chi connectivity index (χ1) is 13.1. The van der Waals surface area contributed by atoms with Gasteiger partial charge in [0.15, 0.2) is 0 Å². The van der Waals surface area contributed by atoms with E-state index in [1.165, 1.54) is 0 Å². The van der Waals surface area contributed by atoms with Gasteiger partial charge in [-0.1, -0.05) is 42.5 Å². The van der Waals surface area contributed by atoms with Gasteiger partial charge in [0.25, 0.3) is 11.8 Å². The number of carbonyl (C=O) groups is 3. The number of hydrogen-bond donors (Lipinski definition) is 0. The molecule has 2 aliphatic rings. The zero-order valence-corrected chi connectivity index (χ0v) is 15.2. The molecule has 0 aliphatic carbocycles. The van der Waals surface area contributed by atoms with E-state index < -0.39 is 11.8 Å². The van der Waals surface area contributed by atoms with Gasteiger partial charge in [-0.15, -0.1) is 0 Å². The number of likely N-dealkylation sites (N-methyl/N-ethyl adjacent to an activating group) is 1. The number of nitrogens with zero attached hydrogens (tertiary/aromatic N) is 3. The Morgan fingerprint density at radius 1 is 0.926 bits per heavy atom. The number of carbonyl (C=O) groups excluding carboxylic acids is 3. The van der Waals surface area contributed by atoms with Crippen LogP contribution in [-0.4, -0.2) is 65.6 Å². The molecule has 0 radical (unpaired) electrons. The molecule has 2 aromatic carbocycles. The van der Waals surface area contributed by atoms with E-state index >= 15 is 0 Å². The predicted octanol–water partition coefficient (Wildman–Crippen LogP) is 1.80. The summed E-state index contributed by atoms with van der Waals surface area (Å²) in [6.07, 6.45) is 0. The molecule has 138 valence electrons. The lowest BCUT2D eigenvalue weighted by molar-refractivity contribution is -0.136. The molecule has 27 heavy (non-hydrogen) atoms. The first kappa shape index (κ1) is 17.4. The lowest BCUT2D eigenvalue weighted by Gasteiger charge is -2.40. The molecule has 1 atom stereocenters. The fraction of sp³-hybridized carbons (Fsp3) is 0.286. The predicted molar refractivity (Wildman–Crippen MR) is 100 cm³/mol. The molecule has 0 N–H and O–H groups in total. The van der Waals surface area contributed by atoms with Crippen LogP contribution in [0.25, 0.3) is 0 Å². The van der Waals surface area contributed by atoms with Gasteiger partial charge in [0.1, 0.15) is 6.54 Å². The van der Waals surface area contributed by atoms with Crippen LogP contribution >= 0.6 is 0 Å². The van der Waals surface area contributed by atoms with Crippen molar-refractivity contribution in [2.75, 3.05) is 33.2 Å². The van der Waals surface area contributed by atoms with E-state index in [0.29, 0.717) is 17.7 Å². The van der Waals surface area contributed by atoms with Crippen LogP contribution in [0.2, 0.25) is 0 Å². The molecule has 2 aromatic rings. The van der Waals surface area contributed by atoms with Gasteiger partial charge in [0.05, 0.1) is 17.2 Å². The lowest BCUT2D eigenvalue weighted by atomic mass is 10.0. The maximum atomic E-state index is 13.0. The van der Waals surface area contributed by atoms with Gasteiger partial charge in [-0.05, 0) is 24.7 Å². The Morgan fingerprint density at radius 2 is 1.52 bits per heavy atom. The fourth-order valence-corrected chi connectivity index (χ4v) is 3.79. The van der Waals surface area contributed by atoms with Crippen molar-refractivity contribution in [1.29, 1.82) is 0 Å². The molecule has 6 nitrogen and oxygen atoms in total. The zero-order chi connectivity index (χ0) is 19.0. The van der Waals surface area contributed by atoms with Crippen LogP contribution < -0.4 is 0 Å². The maximum Gasteiger partial charge on any atom is 0.262 e. The van der Waals surface area contributed by atoms with Crippen molar-refractivity contribution in [3.05, 3.63) is 71.3 Å². The van der Waals surface area contributed by atoms with Gasteiger partial charge >= 0.3 is 0 Å². The van der Waals surface area contributed by atoms with Crippen LogP contribution in [0.5, 0.6) is 0 Å². The van der Waals surface area contributed by atoms with E-state index in [4.69, 9.17) is 0 Å². The summed E-state index contributed by atoms with van der Waals surface area (Å²) in [4.78, 5) is 43.2. The minimum Gasteiger partial charge on any atom is -0.332 e. The summed E-state index contributed by atoms with van der Waals surface area (Å²) in [5.41, 5.74) is 1.79. The Hall–Kier alpha value is -2.99. The molecule has 3 amide bonds. The first-order valence-electron chi connectivity index (χ1n) is 9.04. The molecule has 4 rings (SSSR count). The number of amides is 3. The minimum atomic E-state index is -0.394. The third-order valence-electron chi connectivity index (χ3n) is 5.26. The monoisotopic (exact) mass is 363 g/mol. The highest BCUT2D eigenvalue weighted by molar-refractivity contribution is 6.22. The average Bonchev–Trinajstić information content (AvgIpc) is 2.94. The third kappa shape index (κ3) is 3.13. The van der Waals surface area contributed by atoms with Crippen molar-refractivity contribution in [2.24, 2.45) is 0 Å². The summed E-state index contributed by atoms with van der Waals surface area (Å²) < 4.78 is 0. The third-order valence-corrected chi connectivity index (χ3v) is 5.26. The van der Waals surface area contributed by atoms with Crippen molar-refractivity contribution in [1.82, 2.24) is 14.7 Å². The quantitative estimate of drug-likeness (QED) is 0.780. The van der Waals surface area contributed by atoms with E-state index in [2.05, 4.69) is 4.90 Å².